The summed E-state index contributed by atoms with van der Waals surface area (Å²) >= 11 is 1.84. The van der Waals surface area contributed by atoms with Crippen molar-refractivity contribution in [3.8, 4) is 0 Å². The molecule has 74 valence electrons. The van der Waals surface area contributed by atoms with Gasteiger partial charge in [0.25, 0.3) is 0 Å². The minimum absolute atomic E-state index is 0.517. The van der Waals surface area contributed by atoms with Crippen molar-refractivity contribution in [1.82, 2.24) is 4.31 Å². The Balaban J connectivity index is 0.000000561. The fourth-order valence-electron chi connectivity index (χ4n) is 1.25. The molecule has 0 bridgehead atoms. The molecule has 0 aromatic heterocycles. The number of rotatable bonds is 2. The summed E-state index contributed by atoms with van der Waals surface area (Å²) in [7, 11) is 1.80. The summed E-state index contributed by atoms with van der Waals surface area (Å²) in [5.41, 5.74) is 0. The summed E-state index contributed by atoms with van der Waals surface area (Å²) < 4.78 is 7.63. The Labute approximate surface area is 80.8 Å². The maximum absolute atomic E-state index is 5.25. The van der Waals surface area contributed by atoms with Gasteiger partial charge in [0.2, 0.25) is 0 Å². The van der Waals surface area contributed by atoms with E-state index in [0.29, 0.717) is 6.10 Å². The van der Waals surface area contributed by atoms with Crippen molar-refractivity contribution in [2.75, 3.05) is 26.5 Å². The average molecular weight is 191 g/mol. The van der Waals surface area contributed by atoms with Gasteiger partial charge in [0, 0.05) is 20.2 Å². The van der Waals surface area contributed by atoms with Crippen molar-refractivity contribution in [1.29, 1.82) is 0 Å². The van der Waals surface area contributed by atoms with Crippen LogP contribution in [0, 0.1) is 0 Å². The second-order valence-electron chi connectivity index (χ2n) is 2.55. The molecule has 0 aromatic rings. The Morgan fingerprint density at radius 3 is 2.08 bits per heavy atom. The third-order valence-corrected chi connectivity index (χ3v) is 2.87. The maximum Gasteiger partial charge on any atom is 0.0596 e. The van der Waals surface area contributed by atoms with Crippen molar-refractivity contribution in [2.24, 2.45) is 0 Å². The molecular formula is C9H21NOS. The SMILES string of the molecule is CC.COC1CCN(SC)CC1. The predicted molar refractivity (Wildman–Crippen MR) is 56.5 cm³/mol. The molecule has 0 radical (unpaired) electrons. The number of nitrogens with zero attached hydrogens (tertiary/aromatic N) is 1. The Morgan fingerprint density at radius 2 is 1.75 bits per heavy atom. The molecule has 1 rings (SSSR count). The van der Waals surface area contributed by atoms with Crippen molar-refractivity contribution >= 4 is 11.9 Å². The number of ether oxygens (including phenoxy) is 1. The Hall–Kier alpha value is 0.270. The third-order valence-electron chi connectivity index (χ3n) is 1.99. The molecule has 0 aromatic carbocycles. The fourth-order valence-corrected chi connectivity index (χ4v) is 1.83. The molecular weight excluding hydrogens is 170 g/mol. The highest BCUT2D eigenvalue weighted by molar-refractivity contribution is 7.96. The average Bonchev–Trinajstić information content (AvgIpc) is 2.21. The van der Waals surface area contributed by atoms with Gasteiger partial charge in [0.1, 0.15) is 0 Å². The van der Waals surface area contributed by atoms with Crippen LogP contribution in [0.25, 0.3) is 0 Å². The smallest absolute Gasteiger partial charge is 0.0596 e. The second-order valence-corrected chi connectivity index (χ2v) is 3.43. The van der Waals surface area contributed by atoms with Crippen molar-refractivity contribution in [2.45, 2.75) is 32.8 Å². The van der Waals surface area contributed by atoms with Gasteiger partial charge in [-0.2, -0.15) is 0 Å². The van der Waals surface area contributed by atoms with Crippen LogP contribution in [0.5, 0.6) is 0 Å². The van der Waals surface area contributed by atoms with E-state index in [-0.39, 0.29) is 0 Å². The molecule has 0 saturated carbocycles. The van der Waals surface area contributed by atoms with E-state index in [0.717, 1.165) is 0 Å². The summed E-state index contributed by atoms with van der Waals surface area (Å²) in [6.45, 7) is 6.36. The van der Waals surface area contributed by atoms with Gasteiger partial charge in [-0.25, -0.2) is 0 Å². The van der Waals surface area contributed by atoms with Crippen molar-refractivity contribution < 1.29 is 4.74 Å². The van der Waals surface area contributed by atoms with Crippen LogP contribution < -0.4 is 0 Å². The van der Waals surface area contributed by atoms with Crippen LogP contribution in [-0.2, 0) is 4.74 Å². The zero-order valence-corrected chi connectivity index (χ0v) is 9.49. The van der Waals surface area contributed by atoms with E-state index < -0.39 is 0 Å². The zero-order chi connectivity index (χ0) is 9.40. The normalized spacial score (nSPS) is 20.0. The topological polar surface area (TPSA) is 12.5 Å². The molecule has 12 heavy (non-hydrogen) atoms. The van der Waals surface area contributed by atoms with E-state index in [9.17, 15) is 0 Å². The lowest BCUT2D eigenvalue weighted by Gasteiger charge is -2.28. The molecule has 1 aliphatic rings. The van der Waals surface area contributed by atoms with Crippen LogP contribution in [0.1, 0.15) is 26.7 Å². The first-order valence-corrected chi connectivity index (χ1v) is 5.87. The Kier molecular flexibility index (Phi) is 8.07. The summed E-state index contributed by atoms with van der Waals surface area (Å²) in [4.78, 5) is 0. The zero-order valence-electron chi connectivity index (χ0n) is 8.67. The molecule has 0 unspecified atom stereocenters. The molecule has 0 amide bonds. The minimum atomic E-state index is 0.517. The molecule has 0 aliphatic carbocycles. The highest BCUT2D eigenvalue weighted by Crippen LogP contribution is 2.17. The van der Waals surface area contributed by atoms with Crippen LogP contribution in [0.4, 0.5) is 0 Å². The minimum Gasteiger partial charge on any atom is -0.381 e. The van der Waals surface area contributed by atoms with Crippen LogP contribution >= 0.6 is 11.9 Å². The molecule has 1 fully saturated rings. The molecule has 0 atom stereocenters. The second kappa shape index (κ2) is 7.90. The van der Waals surface area contributed by atoms with Gasteiger partial charge < -0.3 is 4.74 Å². The van der Waals surface area contributed by atoms with E-state index in [1.807, 2.05) is 25.8 Å². The van der Waals surface area contributed by atoms with Gasteiger partial charge in [-0.05, 0) is 19.1 Å². The molecule has 3 heteroatoms. The van der Waals surface area contributed by atoms with Gasteiger partial charge >= 0.3 is 0 Å². The highest BCUT2D eigenvalue weighted by Gasteiger charge is 2.17. The van der Waals surface area contributed by atoms with Gasteiger partial charge in [-0.1, -0.05) is 25.8 Å². The third kappa shape index (κ3) is 4.33. The Bertz CT molecular complexity index is 80.5. The molecule has 1 saturated heterocycles. The van der Waals surface area contributed by atoms with E-state index in [4.69, 9.17) is 4.74 Å². The largest absolute Gasteiger partial charge is 0.381 e. The summed E-state index contributed by atoms with van der Waals surface area (Å²) in [5.74, 6) is 0. The van der Waals surface area contributed by atoms with Crippen LogP contribution in [0.15, 0.2) is 0 Å². The lowest BCUT2D eigenvalue weighted by molar-refractivity contribution is 0.0625. The number of hydrogen-bond donors (Lipinski definition) is 0. The number of hydrogen-bond acceptors (Lipinski definition) is 3. The van der Waals surface area contributed by atoms with E-state index in [2.05, 4.69) is 10.6 Å². The van der Waals surface area contributed by atoms with Crippen molar-refractivity contribution in [3.05, 3.63) is 0 Å². The molecule has 2 nitrogen and oxygen atoms in total. The molecule has 0 N–H and O–H groups in total. The van der Waals surface area contributed by atoms with Gasteiger partial charge in [0.15, 0.2) is 0 Å². The molecule has 1 aliphatic heterocycles. The lowest BCUT2D eigenvalue weighted by Crippen LogP contribution is -2.31. The van der Waals surface area contributed by atoms with Gasteiger partial charge in [-0.3, -0.25) is 4.31 Å². The maximum atomic E-state index is 5.25. The van der Waals surface area contributed by atoms with Crippen LogP contribution in [0.2, 0.25) is 0 Å². The first-order chi connectivity index (χ1) is 5.86. The molecule has 0 spiro atoms. The van der Waals surface area contributed by atoms with Crippen LogP contribution in [-0.4, -0.2) is 36.9 Å². The Morgan fingerprint density at radius 1 is 1.25 bits per heavy atom. The lowest BCUT2D eigenvalue weighted by atomic mass is 10.1. The summed E-state index contributed by atoms with van der Waals surface area (Å²) in [6, 6.07) is 0. The van der Waals surface area contributed by atoms with Crippen LogP contribution in [0.3, 0.4) is 0 Å². The summed E-state index contributed by atoms with van der Waals surface area (Å²) in [5, 5.41) is 0. The molecule has 1 heterocycles. The number of methoxy groups -OCH3 is 1. The van der Waals surface area contributed by atoms with Crippen molar-refractivity contribution in [3.63, 3.8) is 0 Å². The monoisotopic (exact) mass is 191 g/mol. The van der Waals surface area contributed by atoms with Gasteiger partial charge in [0.05, 0.1) is 6.10 Å². The van der Waals surface area contributed by atoms with E-state index in [1.165, 1.54) is 25.9 Å². The van der Waals surface area contributed by atoms with E-state index in [1.54, 1.807) is 7.11 Å². The first kappa shape index (κ1) is 12.3. The fraction of sp³-hybridized carbons (Fsp3) is 1.00. The number of piperidine rings is 1. The first-order valence-electron chi connectivity index (χ1n) is 4.68. The van der Waals surface area contributed by atoms with E-state index >= 15 is 0 Å². The van der Waals surface area contributed by atoms with Gasteiger partial charge in [-0.15, -0.1) is 0 Å². The quantitative estimate of drug-likeness (QED) is 0.622. The predicted octanol–water partition coefficient (Wildman–Crippen LogP) is 2.40. The highest BCUT2D eigenvalue weighted by atomic mass is 32.2. The standard InChI is InChI=1S/C7H15NOS.C2H6/c1-9-7-3-5-8(10-2)6-4-7;1-2/h7H,3-6H2,1-2H3;1-2H3. The summed E-state index contributed by atoms with van der Waals surface area (Å²) in [6.07, 6.45) is 5.03.